The number of carbonyl (C=O) groups is 2. The number of nitrogens with zero attached hydrogens (tertiary/aromatic N) is 1. The molecule has 8 atom stereocenters. The highest BCUT2D eigenvalue weighted by Gasteiger charge is 2.49. The molecule has 2 aromatic heterocycles. The van der Waals surface area contributed by atoms with Crippen molar-refractivity contribution in [2.24, 2.45) is 5.73 Å². The van der Waals surface area contributed by atoms with Crippen LogP contribution in [0.25, 0.3) is 10.9 Å². The summed E-state index contributed by atoms with van der Waals surface area (Å²) < 4.78 is 43.2. The highest BCUT2D eigenvalue weighted by molar-refractivity contribution is 5.90. The normalized spacial score (nSPS) is 25.8. The molecule has 7 rings (SSSR count). The minimum absolute atomic E-state index is 0.167. The molecule has 50 heavy (non-hydrogen) atoms. The number of aromatic nitrogens is 2. The van der Waals surface area contributed by atoms with Crippen molar-refractivity contribution in [3.63, 3.8) is 0 Å². The highest BCUT2D eigenvalue weighted by Crippen LogP contribution is 2.57. The van der Waals surface area contributed by atoms with Gasteiger partial charge in [-0.1, -0.05) is 6.07 Å². The van der Waals surface area contributed by atoms with Gasteiger partial charge in [-0.2, -0.15) is 0 Å². The molecule has 0 saturated carbocycles. The molecule has 16 heteroatoms. The molecule has 1 fully saturated rings. The Morgan fingerprint density at radius 3 is 2.62 bits per heavy atom. The van der Waals surface area contributed by atoms with Crippen LogP contribution in [0.15, 0.2) is 48.9 Å². The number of nitrogens with one attached hydrogen (secondary N) is 1. The third-order valence-electron chi connectivity index (χ3n) is 9.25. The number of H-pyrrole nitrogens is 1. The molecule has 266 valence electrons. The lowest BCUT2D eigenvalue weighted by Crippen LogP contribution is -2.63. The molecule has 0 amide bonds. The van der Waals surface area contributed by atoms with Crippen molar-refractivity contribution in [1.82, 2.24) is 9.55 Å². The molecule has 16 nitrogen and oxygen atoms in total. The number of aliphatic hydroxyl groups is 3. The van der Waals surface area contributed by atoms with Gasteiger partial charge in [0, 0.05) is 54.3 Å². The van der Waals surface area contributed by atoms with Crippen molar-refractivity contribution in [2.75, 3.05) is 27.4 Å². The number of ether oxygens (including phenoxy) is 7. The lowest BCUT2D eigenvalue weighted by molar-refractivity contribution is -0.288. The summed E-state index contributed by atoms with van der Waals surface area (Å²) in [5.41, 5.74) is 9.16. The van der Waals surface area contributed by atoms with E-state index in [0.717, 1.165) is 27.6 Å². The zero-order valence-electron chi connectivity index (χ0n) is 27.1. The van der Waals surface area contributed by atoms with Crippen molar-refractivity contribution >= 4 is 22.8 Å². The Bertz CT molecular complexity index is 1880. The van der Waals surface area contributed by atoms with E-state index >= 15 is 0 Å². The number of carboxylic acids is 1. The second kappa shape index (κ2) is 13.4. The molecule has 0 spiro atoms. The molecular formula is C34H37N3O13. The van der Waals surface area contributed by atoms with Crippen LogP contribution in [0.5, 0.6) is 28.7 Å². The summed E-state index contributed by atoms with van der Waals surface area (Å²) in [5, 5.41) is 42.3. The lowest BCUT2D eigenvalue weighted by Gasteiger charge is -2.42. The summed E-state index contributed by atoms with van der Waals surface area (Å²) in [5.74, 6) is -0.483. The monoisotopic (exact) mass is 695 g/mol. The molecule has 8 unspecified atom stereocenters. The zero-order valence-corrected chi connectivity index (χ0v) is 27.1. The van der Waals surface area contributed by atoms with Gasteiger partial charge >= 0.3 is 11.9 Å². The van der Waals surface area contributed by atoms with Gasteiger partial charge in [0.2, 0.25) is 12.0 Å². The number of esters is 1. The first-order valence-electron chi connectivity index (χ1n) is 15.9. The Hall–Kier alpha value is -5.00. The van der Waals surface area contributed by atoms with Crippen LogP contribution in [0.4, 0.5) is 0 Å². The van der Waals surface area contributed by atoms with Crippen molar-refractivity contribution in [2.45, 2.75) is 61.8 Å². The fourth-order valence-electron chi connectivity index (χ4n) is 6.90. The van der Waals surface area contributed by atoms with E-state index in [1.54, 1.807) is 26.4 Å². The van der Waals surface area contributed by atoms with Crippen LogP contribution < -0.4 is 29.4 Å². The second-order valence-corrected chi connectivity index (χ2v) is 12.3. The van der Waals surface area contributed by atoms with Crippen LogP contribution in [-0.2, 0) is 25.6 Å². The molecule has 2 aromatic carbocycles. The number of carbonyl (C=O) groups excluding carboxylic acids is 1. The Balaban J connectivity index is 1.22. The van der Waals surface area contributed by atoms with Crippen molar-refractivity contribution < 1.29 is 63.2 Å². The largest absolute Gasteiger partial charge is 0.493 e. The molecule has 0 aliphatic carbocycles. The summed E-state index contributed by atoms with van der Waals surface area (Å²) in [4.78, 5) is 26.3. The first kappa shape index (κ1) is 33.5. The number of benzene rings is 2. The van der Waals surface area contributed by atoms with E-state index in [2.05, 4.69) is 4.98 Å². The van der Waals surface area contributed by atoms with Crippen LogP contribution in [-0.4, -0.2) is 106 Å². The topological polar surface area (TPSA) is 226 Å². The third kappa shape index (κ3) is 5.94. The molecule has 4 aromatic rings. The highest BCUT2D eigenvalue weighted by atomic mass is 16.7. The average molecular weight is 696 g/mol. The van der Waals surface area contributed by atoms with Crippen LogP contribution in [0, 0.1) is 0 Å². The van der Waals surface area contributed by atoms with Crippen molar-refractivity contribution in [3.8, 4) is 28.7 Å². The zero-order chi connectivity index (χ0) is 35.3. The number of hydrogen-bond acceptors (Lipinski definition) is 13. The maximum absolute atomic E-state index is 12.1. The SMILES string of the molecule is COc1ccc2c(c1OC)OC1c3c(Cn4cc5cc[nH]c5c4)cc(OC4OC(C(CN)OC(=O)CC(=O)O)C(O)C(O)C4O)cc3OCC21. The number of aromatic amines is 1. The minimum Gasteiger partial charge on any atom is -0.493 e. The van der Waals surface area contributed by atoms with Gasteiger partial charge in [-0.25, -0.2) is 0 Å². The van der Waals surface area contributed by atoms with Crippen molar-refractivity contribution in [1.29, 1.82) is 0 Å². The van der Waals surface area contributed by atoms with E-state index in [-0.39, 0.29) is 24.8 Å². The van der Waals surface area contributed by atoms with E-state index in [4.69, 9.17) is 44.0 Å². The Morgan fingerprint density at radius 1 is 1.08 bits per heavy atom. The number of hydrogen-bond donors (Lipinski definition) is 6. The fraction of sp³-hybridized carbons (Fsp3) is 0.412. The maximum atomic E-state index is 12.1. The maximum Gasteiger partial charge on any atom is 0.317 e. The van der Waals surface area contributed by atoms with Gasteiger partial charge in [-0.3, -0.25) is 9.59 Å². The van der Waals surface area contributed by atoms with E-state index in [1.165, 1.54) is 0 Å². The Labute approximate surface area is 284 Å². The van der Waals surface area contributed by atoms with Crippen LogP contribution in [0.1, 0.15) is 35.1 Å². The summed E-state index contributed by atoms with van der Waals surface area (Å²) in [7, 11) is 3.11. The van der Waals surface area contributed by atoms with E-state index in [1.807, 2.05) is 41.4 Å². The Morgan fingerprint density at radius 2 is 1.90 bits per heavy atom. The molecular weight excluding hydrogens is 658 g/mol. The predicted molar refractivity (Wildman–Crippen MR) is 171 cm³/mol. The first-order valence-corrected chi connectivity index (χ1v) is 15.9. The molecule has 5 heterocycles. The van der Waals surface area contributed by atoms with Gasteiger partial charge in [0.25, 0.3) is 0 Å². The van der Waals surface area contributed by atoms with Gasteiger partial charge in [0.05, 0.1) is 32.3 Å². The molecule has 3 aliphatic heterocycles. The Kier molecular flexibility index (Phi) is 8.96. The number of carboxylic acid groups (broad SMARTS) is 1. The number of methoxy groups -OCH3 is 2. The lowest BCUT2D eigenvalue weighted by atomic mass is 9.86. The van der Waals surface area contributed by atoms with E-state index < -0.39 is 61.3 Å². The first-order chi connectivity index (χ1) is 24.1. The smallest absolute Gasteiger partial charge is 0.317 e. The standard InChI is InChI=1S/C34H37N3O13/c1-44-21-4-3-18-19-14-46-22-8-17(47-34-29(43)27(41)28(42)32(50-34)23(10-35)48-25(40)9-24(38)39)7-16(12-37-11-15-5-6-36-20(15)13-37)26(22)30(19)49-31(18)33(21)45-2/h3-8,11,13,19,23,27-30,32,34,36,41-43H,9-10,12,14,35H2,1-2H3,(H,38,39). The molecule has 7 N–H and O–H groups in total. The average Bonchev–Trinajstić information content (AvgIpc) is 3.80. The van der Waals surface area contributed by atoms with Gasteiger partial charge < -0.3 is 68.9 Å². The molecule has 0 bridgehead atoms. The number of nitrogens with two attached hydrogens (primary N) is 1. The van der Waals surface area contributed by atoms with Crippen LogP contribution in [0.2, 0.25) is 0 Å². The number of aliphatic carboxylic acids is 1. The van der Waals surface area contributed by atoms with Crippen LogP contribution in [0.3, 0.4) is 0 Å². The molecule has 3 aliphatic rings. The summed E-state index contributed by atoms with van der Waals surface area (Å²) >= 11 is 0. The molecule has 0 radical (unpaired) electrons. The minimum atomic E-state index is -1.79. The van der Waals surface area contributed by atoms with Gasteiger partial charge in [-0.15, -0.1) is 0 Å². The van der Waals surface area contributed by atoms with Gasteiger partial charge in [0.1, 0.15) is 54.5 Å². The van der Waals surface area contributed by atoms with Crippen molar-refractivity contribution in [3.05, 3.63) is 65.6 Å². The fourth-order valence-corrected chi connectivity index (χ4v) is 6.90. The van der Waals surface area contributed by atoms with E-state index in [9.17, 15) is 24.9 Å². The summed E-state index contributed by atoms with van der Waals surface area (Å²) in [6, 6.07) is 9.09. The molecule has 1 saturated heterocycles. The quantitative estimate of drug-likeness (QED) is 0.0957. The number of fused-ring (bicyclic) bond motifs is 6. The number of aliphatic hydroxyl groups excluding tert-OH is 3. The predicted octanol–water partition coefficient (Wildman–Crippen LogP) is 1.18. The van der Waals surface area contributed by atoms with Gasteiger partial charge in [0.15, 0.2) is 11.5 Å². The second-order valence-electron chi connectivity index (χ2n) is 12.3. The summed E-state index contributed by atoms with van der Waals surface area (Å²) in [6.45, 7) is 0.249. The van der Waals surface area contributed by atoms with E-state index in [0.29, 0.717) is 29.5 Å². The summed E-state index contributed by atoms with van der Waals surface area (Å²) in [6.07, 6.45) is -5.27. The third-order valence-corrected chi connectivity index (χ3v) is 9.25. The van der Waals surface area contributed by atoms with Crippen LogP contribution >= 0.6 is 0 Å². The number of rotatable bonds is 11. The van der Waals surface area contributed by atoms with Gasteiger partial charge in [-0.05, 0) is 23.8 Å².